The molecule has 0 amide bonds. The molecule has 1 aromatic rings. The van der Waals surface area contributed by atoms with Crippen molar-refractivity contribution >= 4 is 32.0 Å². The lowest BCUT2D eigenvalue weighted by Gasteiger charge is -2.41. The van der Waals surface area contributed by atoms with Crippen molar-refractivity contribution in [3.63, 3.8) is 0 Å². The molecule has 0 saturated heterocycles. The Hall–Kier alpha value is -0.680. The van der Waals surface area contributed by atoms with Crippen LogP contribution < -0.4 is 4.74 Å². The molecular formula is C14H13BrClF3O. The molecule has 0 N–H and O–H groups in total. The van der Waals surface area contributed by atoms with Crippen LogP contribution in [0.3, 0.4) is 0 Å². The molecule has 0 fully saturated rings. The molecule has 0 spiro atoms. The summed E-state index contributed by atoms with van der Waals surface area (Å²) in [6.45, 7) is 3.16. The average Bonchev–Trinajstić information content (AvgIpc) is 2.37. The summed E-state index contributed by atoms with van der Waals surface area (Å²) >= 11 is 9.20. The van der Waals surface area contributed by atoms with Gasteiger partial charge in [-0.3, -0.25) is 0 Å². The van der Waals surface area contributed by atoms with E-state index in [1.807, 2.05) is 0 Å². The number of hydrogen-bond acceptors (Lipinski definition) is 1. The largest absolute Gasteiger partial charge is 0.473 e. The lowest BCUT2D eigenvalue weighted by atomic mass is 9.84. The molecule has 2 rings (SSSR count). The summed E-state index contributed by atoms with van der Waals surface area (Å²) in [5, 5.41) is 0.454. The molecule has 1 atom stereocenters. The highest BCUT2D eigenvalue weighted by molar-refractivity contribution is 9.15. The fourth-order valence-corrected chi connectivity index (χ4v) is 3.59. The van der Waals surface area contributed by atoms with Gasteiger partial charge in [-0.25, -0.2) is 0 Å². The van der Waals surface area contributed by atoms with Crippen LogP contribution in [0.25, 0.3) is 4.48 Å². The van der Waals surface area contributed by atoms with Gasteiger partial charge < -0.3 is 4.74 Å². The molecular weight excluding hydrogens is 357 g/mol. The van der Waals surface area contributed by atoms with Crippen molar-refractivity contribution in [2.75, 3.05) is 0 Å². The van der Waals surface area contributed by atoms with E-state index in [1.165, 1.54) is 19.1 Å². The van der Waals surface area contributed by atoms with Crippen LogP contribution in [0.5, 0.6) is 5.75 Å². The monoisotopic (exact) mass is 368 g/mol. The third-order valence-electron chi connectivity index (χ3n) is 3.52. The predicted molar refractivity (Wildman–Crippen MR) is 77.3 cm³/mol. The van der Waals surface area contributed by atoms with Crippen molar-refractivity contribution in [2.45, 2.75) is 38.5 Å². The molecule has 20 heavy (non-hydrogen) atoms. The Bertz CT molecular complexity index is 568. The summed E-state index contributed by atoms with van der Waals surface area (Å²) in [5.74, 6) is 0.192. The minimum Gasteiger partial charge on any atom is -0.473 e. The van der Waals surface area contributed by atoms with Crippen molar-refractivity contribution in [3.8, 4) is 5.75 Å². The first kappa shape index (κ1) is 15.7. The Labute approximate surface area is 128 Å². The number of halogens is 5. The Balaban J connectivity index is 2.73. The third-order valence-corrected chi connectivity index (χ3v) is 4.66. The number of hydrogen-bond donors (Lipinski definition) is 0. The molecule has 0 aromatic heterocycles. The molecule has 0 saturated carbocycles. The normalized spacial score (nSPS) is 22.6. The summed E-state index contributed by atoms with van der Waals surface area (Å²) < 4.78 is 46.5. The summed E-state index contributed by atoms with van der Waals surface area (Å²) in [6.07, 6.45) is -4.43. The maximum absolute atomic E-state index is 13.6. The maximum atomic E-state index is 13.6. The summed E-state index contributed by atoms with van der Waals surface area (Å²) in [7, 11) is 0. The Morgan fingerprint density at radius 2 is 1.95 bits per heavy atom. The van der Waals surface area contributed by atoms with Gasteiger partial charge in [0.1, 0.15) is 5.75 Å². The lowest BCUT2D eigenvalue weighted by Crippen LogP contribution is -2.52. The van der Waals surface area contributed by atoms with Crippen LogP contribution in [0.15, 0.2) is 23.8 Å². The van der Waals surface area contributed by atoms with E-state index in [2.05, 4.69) is 15.9 Å². The van der Waals surface area contributed by atoms with Crippen molar-refractivity contribution in [2.24, 2.45) is 0 Å². The zero-order valence-corrected chi connectivity index (χ0v) is 13.3. The van der Waals surface area contributed by atoms with Gasteiger partial charge in [-0.1, -0.05) is 25.4 Å². The van der Waals surface area contributed by atoms with Crippen LogP contribution in [-0.2, 0) is 0 Å². The van der Waals surface area contributed by atoms with Gasteiger partial charge >= 0.3 is 6.18 Å². The Morgan fingerprint density at radius 3 is 2.45 bits per heavy atom. The van der Waals surface area contributed by atoms with Crippen LogP contribution in [-0.4, -0.2) is 11.8 Å². The van der Waals surface area contributed by atoms with E-state index in [9.17, 15) is 13.2 Å². The van der Waals surface area contributed by atoms with Crippen LogP contribution in [0, 0.1) is 0 Å². The van der Waals surface area contributed by atoms with Gasteiger partial charge in [-0.15, -0.1) is 0 Å². The smallest absolute Gasteiger partial charge is 0.432 e. The summed E-state index contributed by atoms with van der Waals surface area (Å²) in [5.41, 5.74) is -1.52. The fourth-order valence-electron chi connectivity index (χ4n) is 2.51. The molecule has 1 heterocycles. The van der Waals surface area contributed by atoms with Gasteiger partial charge in [0.05, 0.1) is 0 Å². The number of alkyl halides is 3. The van der Waals surface area contributed by atoms with Gasteiger partial charge in [0.15, 0.2) is 0 Å². The summed E-state index contributed by atoms with van der Waals surface area (Å²) in [4.78, 5) is 0. The molecule has 1 aromatic carbocycles. The van der Waals surface area contributed by atoms with Gasteiger partial charge in [0.2, 0.25) is 5.60 Å². The number of ether oxygens (including phenoxy) is 1. The minimum atomic E-state index is -4.48. The highest BCUT2D eigenvalue weighted by Crippen LogP contribution is 2.52. The zero-order valence-electron chi connectivity index (χ0n) is 10.9. The van der Waals surface area contributed by atoms with Crippen LogP contribution in [0.1, 0.15) is 32.3 Å². The van der Waals surface area contributed by atoms with Crippen LogP contribution in [0.2, 0.25) is 5.02 Å². The highest BCUT2D eigenvalue weighted by atomic mass is 79.9. The molecule has 0 radical (unpaired) electrons. The number of benzene rings is 1. The van der Waals surface area contributed by atoms with Crippen molar-refractivity contribution in [1.29, 1.82) is 0 Å². The van der Waals surface area contributed by atoms with Gasteiger partial charge in [0, 0.05) is 15.1 Å². The van der Waals surface area contributed by atoms with Crippen molar-refractivity contribution in [1.82, 2.24) is 0 Å². The molecule has 1 nitrogen and oxygen atoms in total. The highest BCUT2D eigenvalue weighted by Gasteiger charge is 2.60. The van der Waals surface area contributed by atoms with E-state index in [1.54, 1.807) is 13.0 Å². The van der Waals surface area contributed by atoms with E-state index < -0.39 is 11.8 Å². The lowest BCUT2D eigenvalue weighted by molar-refractivity contribution is -0.235. The van der Waals surface area contributed by atoms with E-state index in [-0.39, 0.29) is 24.2 Å². The standard InChI is InChI=1S/C14H13BrClF3O/c1-3-10-12(15)9-7-8(16)5-6-11(9)20-13(10,4-2)14(17,18)19/h5-7H,3-4H2,1-2H3. The topological polar surface area (TPSA) is 9.23 Å². The molecule has 110 valence electrons. The van der Waals surface area contributed by atoms with Crippen molar-refractivity contribution in [3.05, 3.63) is 34.4 Å². The van der Waals surface area contributed by atoms with E-state index >= 15 is 0 Å². The Kier molecular flexibility index (Phi) is 4.13. The first-order valence-corrected chi connectivity index (χ1v) is 7.38. The quantitative estimate of drug-likeness (QED) is 0.625. The Morgan fingerprint density at radius 1 is 1.30 bits per heavy atom. The van der Waals surface area contributed by atoms with E-state index in [0.29, 0.717) is 15.1 Å². The minimum absolute atomic E-state index is 0.184. The first-order chi connectivity index (χ1) is 9.26. The molecule has 0 bridgehead atoms. The van der Waals surface area contributed by atoms with Crippen molar-refractivity contribution < 1.29 is 17.9 Å². The molecule has 1 aliphatic rings. The average molecular weight is 370 g/mol. The second-order valence-electron chi connectivity index (χ2n) is 4.57. The molecule has 6 heteroatoms. The molecule has 1 unspecified atom stereocenters. The number of rotatable bonds is 2. The molecule has 0 aliphatic carbocycles. The van der Waals surface area contributed by atoms with Gasteiger partial charge in [-0.05, 0) is 52.5 Å². The predicted octanol–water partition coefficient (Wildman–Crippen LogP) is 5.96. The van der Waals surface area contributed by atoms with Gasteiger partial charge in [-0.2, -0.15) is 13.2 Å². The fraction of sp³-hybridized carbons (Fsp3) is 0.429. The second kappa shape index (κ2) is 5.26. The SMILES string of the molecule is CCC1=C(Br)c2cc(Cl)ccc2OC1(CC)C(F)(F)F. The number of fused-ring (bicyclic) bond motifs is 1. The first-order valence-electron chi connectivity index (χ1n) is 6.21. The van der Waals surface area contributed by atoms with E-state index in [4.69, 9.17) is 16.3 Å². The van der Waals surface area contributed by atoms with E-state index in [0.717, 1.165) is 0 Å². The van der Waals surface area contributed by atoms with Crippen LogP contribution in [0.4, 0.5) is 13.2 Å². The zero-order chi connectivity index (χ0) is 15.1. The second-order valence-corrected chi connectivity index (χ2v) is 5.80. The third kappa shape index (κ3) is 2.25. The molecule has 1 aliphatic heterocycles. The van der Waals surface area contributed by atoms with Crippen LogP contribution >= 0.6 is 27.5 Å². The van der Waals surface area contributed by atoms with Gasteiger partial charge in [0.25, 0.3) is 0 Å². The maximum Gasteiger partial charge on any atom is 0.432 e. The summed E-state index contributed by atoms with van der Waals surface area (Å²) in [6, 6.07) is 4.60.